The van der Waals surface area contributed by atoms with Gasteiger partial charge in [0.25, 0.3) is 0 Å². The molecule has 0 amide bonds. The Hall–Kier alpha value is -1.82. The number of hydrogen-bond donors (Lipinski definition) is 0. The van der Waals surface area contributed by atoms with Crippen LogP contribution in [0.3, 0.4) is 0 Å². The summed E-state index contributed by atoms with van der Waals surface area (Å²) in [5, 5.41) is 0. The van der Waals surface area contributed by atoms with Crippen molar-refractivity contribution < 1.29 is 0 Å². The molecule has 0 aliphatic carbocycles. The average molecular weight is 509 g/mol. The normalized spacial score (nSPS) is 11.3. The Morgan fingerprint density at radius 2 is 0.692 bits per heavy atom. The second-order valence-corrected chi connectivity index (χ2v) is 16.8. The monoisotopic (exact) mass is 507 g/mol. The zero-order valence-electron chi connectivity index (χ0n) is 14.3. The summed E-state index contributed by atoms with van der Waals surface area (Å²) in [4.78, 5) is 0. The van der Waals surface area contributed by atoms with Crippen LogP contribution in [0.4, 0.5) is 0 Å². The van der Waals surface area contributed by atoms with Gasteiger partial charge in [-0.25, -0.2) is 0 Å². The van der Waals surface area contributed by atoms with Gasteiger partial charge in [-0.05, 0) is 0 Å². The molecule has 126 valence electrons. The second kappa shape index (κ2) is 7.82. The van der Waals surface area contributed by atoms with E-state index in [1.807, 2.05) is 0 Å². The molecule has 0 aromatic heterocycles. The molecule has 4 aromatic rings. The van der Waals surface area contributed by atoms with Crippen LogP contribution in [0.5, 0.6) is 0 Å². The molecule has 4 rings (SSSR count). The first-order chi connectivity index (χ1) is 12.8. The van der Waals surface area contributed by atoms with Gasteiger partial charge in [-0.2, -0.15) is 0 Å². The Bertz CT molecular complexity index is 868. The molecule has 4 aromatic carbocycles. The molecule has 0 spiro atoms. The molecule has 0 saturated carbocycles. The molecular weight excluding hydrogens is 490 g/mol. The summed E-state index contributed by atoms with van der Waals surface area (Å²) >= 11 is 0.385. The maximum absolute atomic E-state index is 3.60. The van der Waals surface area contributed by atoms with Gasteiger partial charge >= 0.3 is 169 Å². The molecule has 0 saturated heterocycles. The van der Waals surface area contributed by atoms with E-state index in [4.69, 9.17) is 0 Å². The topological polar surface area (TPSA) is 0 Å². The molecule has 0 N–H and O–H groups in total. The first-order valence-electron chi connectivity index (χ1n) is 8.64. The van der Waals surface area contributed by atoms with Crippen molar-refractivity contribution in [3.05, 3.63) is 120 Å². The van der Waals surface area contributed by atoms with Gasteiger partial charge in [0, 0.05) is 0 Å². The maximum atomic E-state index is 3.60. The molecule has 0 bridgehead atoms. The minimum atomic E-state index is -3.22. The van der Waals surface area contributed by atoms with Gasteiger partial charge in [-0.3, -0.25) is 0 Å². The third-order valence-electron chi connectivity index (χ3n) is 4.64. The standard InChI is InChI=1S/C6H4Br.3C6H5.Sb/c7-6-4-2-1-3-5-6;3*1-2-4-6-5-3-1;/h2-5H;3*1-5H;/q;;;;+1. The number of benzene rings is 4. The van der Waals surface area contributed by atoms with E-state index in [0.29, 0.717) is 0 Å². The predicted octanol–water partition coefficient (Wildman–Crippen LogP) is 3.83. The first kappa shape index (κ1) is 17.6. The van der Waals surface area contributed by atoms with Crippen LogP contribution < -0.4 is 14.0 Å². The van der Waals surface area contributed by atoms with Gasteiger partial charge in [0.2, 0.25) is 0 Å². The van der Waals surface area contributed by atoms with Crippen molar-refractivity contribution in [1.82, 2.24) is 0 Å². The Balaban J connectivity index is 2.12. The van der Waals surface area contributed by atoms with Crippen molar-refractivity contribution in [1.29, 1.82) is 0 Å². The zero-order chi connectivity index (χ0) is 17.8. The summed E-state index contributed by atoms with van der Waals surface area (Å²) in [5.74, 6) is 0. The molecular formula is C24H19BrSb+. The Kier molecular flexibility index (Phi) is 5.29. The number of hydrogen-bond acceptors (Lipinski definition) is 0. The van der Waals surface area contributed by atoms with Gasteiger partial charge in [0.1, 0.15) is 0 Å². The van der Waals surface area contributed by atoms with Crippen molar-refractivity contribution in [2.45, 2.75) is 0 Å². The molecule has 0 fully saturated rings. The van der Waals surface area contributed by atoms with Crippen LogP contribution in [-0.2, 0) is 0 Å². The van der Waals surface area contributed by atoms with Crippen molar-refractivity contribution in [3.8, 4) is 0 Å². The van der Waals surface area contributed by atoms with Crippen LogP contribution >= 0.6 is 15.9 Å². The van der Waals surface area contributed by atoms with Crippen molar-refractivity contribution in [3.63, 3.8) is 0 Å². The van der Waals surface area contributed by atoms with E-state index in [2.05, 4.69) is 131 Å². The minimum absolute atomic E-state index is 1.12. The van der Waals surface area contributed by atoms with Crippen LogP contribution in [-0.4, -0.2) is 18.8 Å². The average Bonchev–Trinajstić information content (AvgIpc) is 2.72. The van der Waals surface area contributed by atoms with Gasteiger partial charge in [0.05, 0.1) is 0 Å². The SMILES string of the molecule is Brc1cc[c]([Sb+]([c]2ccccc2)([c]2ccccc2)[c]2ccccc2)cc1. The number of rotatable bonds is 4. The van der Waals surface area contributed by atoms with E-state index in [1.165, 1.54) is 14.0 Å². The quantitative estimate of drug-likeness (QED) is 0.368. The van der Waals surface area contributed by atoms with Crippen molar-refractivity contribution >= 4 is 48.8 Å². The van der Waals surface area contributed by atoms with Gasteiger partial charge in [-0.1, -0.05) is 0 Å². The molecule has 0 radical (unpaired) electrons. The van der Waals surface area contributed by atoms with E-state index in [0.717, 1.165) is 4.47 Å². The third-order valence-corrected chi connectivity index (χ3v) is 17.4. The fourth-order valence-corrected chi connectivity index (χ4v) is 15.9. The molecule has 0 nitrogen and oxygen atoms in total. The molecule has 2 heteroatoms. The molecule has 0 heterocycles. The van der Waals surface area contributed by atoms with Crippen LogP contribution in [0, 0.1) is 0 Å². The second-order valence-electron chi connectivity index (χ2n) is 6.15. The van der Waals surface area contributed by atoms with E-state index < -0.39 is 18.8 Å². The molecule has 26 heavy (non-hydrogen) atoms. The summed E-state index contributed by atoms with van der Waals surface area (Å²) in [6.07, 6.45) is 0. The Morgan fingerprint density at radius 1 is 0.385 bits per heavy atom. The summed E-state index contributed by atoms with van der Waals surface area (Å²) in [6, 6.07) is 42.2. The van der Waals surface area contributed by atoms with E-state index >= 15 is 0 Å². The van der Waals surface area contributed by atoms with Crippen LogP contribution in [0.15, 0.2) is 120 Å². The molecule has 0 aliphatic heterocycles. The van der Waals surface area contributed by atoms with Gasteiger partial charge in [-0.15, -0.1) is 0 Å². The number of halogens is 1. The third kappa shape index (κ3) is 3.15. The van der Waals surface area contributed by atoms with E-state index in [1.54, 1.807) is 0 Å². The van der Waals surface area contributed by atoms with E-state index in [-0.39, 0.29) is 0 Å². The van der Waals surface area contributed by atoms with Crippen LogP contribution in [0.2, 0.25) is 0 Å². The molecule has 0 aliphatic rings. The predicted molar refractivity (Wildman–Crippen MR) is 118 cm³/mol. The van der Waals surface area contributed by atoms with Crippen molar-refractivity contribution in [2.24, 2.45) is 0 Å². The summed E-state index contributed by atoms with van der Waals surface area (Å²) in [6.45, 7) is 0. The molecule has 0 unspecified atom stereocenters. The summed E-state index contributed by atoms with van der Waals surface area (Å²) in [5.41, 5.74) is 0. The first-order valence-corrected chi connectivity index (χ1v) is 14.5. The zero-order valence-corrected chi connectivity index (χ0v) is 18.4. The summed E-state index contributed by atoms with van der Waals surface area (Å²) in [7, 11) is 0. The van der Waals surface area contributed by atoms with Gasteiger partial charge in [0.15, 0.2) is 0 Å². The molecule has 0 atom stereocenters. The van der Waals surface area contributed by atoms with Gasteiger partial charge < -0.3 is 0 Å². The Labute approximate surface area is 167 Å². The van der Waals surface area contributed by atoms with Crippen molar-refractivity contribution in [2.75, 3.05) is 0 Å². The van der Waals surface area contributed by atoms with E-state index in [9.17, 15) is 0 Å². The van der Waals surface area contributed by atoms with Crippen LogP contribution in [0.25, 0.3) is 0 Å². The Morgan fingerprint density at radius 3 is 1.04 bits per heavy atom. The van der Waals surface area contributed by atoms with Crippen LogP contribution in [0.1, 0.15) is 0 Å². The fraction of sp³-hybridized carbons (Fsp3) is 0. The fourth-order valence-electron chi connectivity index (χ4n) is 3.51. The summed E-state index contributed by atoms with van der Waals surface area (Å²) < 4.78 is 6.96.